The topological polar surface area (TPSA) is 27.0 Å². The molecule has 0 spiro atoms. The summed E-state index contributed by atoms with van der Waals surface area (Å²) >= 11 is 0. The lowest BCUT2D eigenvalue weighted by Crippen LogP contribution is -2.49. The summed E-state index contributed by atoms with van der Waals surface area (Å²) in [4.78, 5) is 2.44. The van der Waals surface area contributed by atoms with E-state index >= 15 is 0 Å². The van der Waals surface area contributed by atoms with Crippen molar-refractivity contribution in [1.29, 1.82) is 5.26 Å². The molecule has 0 amide bonds. The highest BCUT2D eigenvalue weighted by Gasteiger charge is 2.32. The van der Waals surface area contributed by atoms with Gasteiger partial charge in [0.2, 0.25) is 0 Å². The highest BCUT2D eigenvalue weighted by atomic mass is 15.2. The minimum Gasteiger partial charge on any atom is -0.285 e. The second-order valence-electron chi connectivity index (χ2n) is 4.00. The first kappa shape index (κ1) is 8.07. The van der Waals surface area contributed by atoms with Crippen LogP contribution in [-0.2, 0) is 0 Å². The van der Waals surface area contributed by atoms with Gasteiger partial charge in [-0.25, -0.2) is 0 Å². The molecule has 0 heterocycles. The Balaban J connectivity index is 1.87. The van der Waals surface area contributed by atoms with Gasteiger partial charge >= 0.3 is 0 Å². The number of hydrogen-bond acceptors (Lipinski definition) is 2. The number of rotatable bonds is 3. The SMILES string of the molecule is N#CCN(C1CCC1)C1CCC1. The maximum absolute atomic E-state index is 8.68. The molecule has 0 aliphatic heterocycles. The Morgan fingerprint density at radius 2 is 1.58 bits per heavy atom. The van der Waals surface area contributed by atoms with Crippen molar-refractivity contribution in [3.05, 3.63) is 0 Å². The van der Waals surface area contributed by atoms with Crippen LogP contribution in [0, 0.1) is 11.3 Å². The standard InChI is InChI=1S/C10H16N2/c11-7-8-12(9-3-1-4-9)10-5-2-6-10/h9-10H,1-6,8H2. The zero-order valence-electron chi connectivity index (χ0n) is 7.50. The van der Waals surface area contributed by atoms with Gasteiger partial charge in [0.15, 0.2) is 0 Å². The third-order valence-corrected chi connectivity index (χ3v) is 3.34. The predicted molar refractivity (Wildman–Crippen MR) is 47.6 cm³/mol. The number of nitrogens with zero attached hydrogens (tertiary/aromatic N) is 2. The summed E-state index contributed by atoms with van der Waals surface area (Å²) in [6, 6.07) is 3.81. The first-order valence-corrected chi connectivity index (χ1v) is 5.04. The maximum Gasteiger partial charge on any atom is 0.0870 e. The molecule has 0 radical (unpaired) electrons. The summed E-state index contributed by atoms with van der Waals surface area (Å²) in [6.45, 7) is 0.662. The van der Waals surface area contributed by atoms with E-state index in [-0.39, 0.29) is 0 Å². The van der Waals surface area contributed by atoms with Gasteiger partial charge in [0.05, 0.1) is 12.6 Å². The molecule has 0 aromatic carbocycles. The fraction of sp³-hybridized carbons (Fsp3) is 0.900. The summed E-state index contributed by atoms with van der Waals surface area (Å²) in [5.41, 5.74) is 0. The van der Waals surface area contributed by atoms with Gasteiger partial charge in [-0.2, -0.15) is 5.26 Å². The Morgan fingerprint density at radius 1 is 1.08 bits per heavy atom. The number of nitriles is 1. The summed E-state index contributed by atoms with van der Waals surface area (Å²) in [5.74, 6) is 0. The van der Waals surface area contributed by atoms with E-state index < -0.39 is 0 Å². The minimum atomic E-state index is 0.662. The molecule has 2 nitrogen and oxygen atoms in total. The van der Waals surface area contributed by atoms with Crippen LogP contribution < -0.4 is 0 Å². The molecular weight excluding hydrogens is 148 g/mol. The van der Waals surface area contributed by atoms with Crippen LogP contribution in [0.15, 0.2) is 0 Å². The van der Waals surface area contributed by atoms with Crippen molar-refractivity contribution in [2.75, 3.05) is 6.54 Å². The fourth-order valence-electron chi connectivity index (χ4n) is 2.07. The summed E-state index contributed by atoms with van der Waals surface area (Å²) in [6.07, 6.45) is 8.07. The zero-order chi connectivity index (χ0) is 8.39. The Hall–Kier alpha value is -0.550. The van der Waals surface area contributed by atoms with E-state index in [2.05, 4.69) is 11.0 Å². The Morgan fingerprint density at radius 3 is 1.83 bits per heavy atom. The van der Waals surface area contributed by atoms with E-state index in [0.717, 1.165) is 12.1 Å². The average molecular weight is 164 g/mol. The normalized spacial score (nSPS) is 24.7. The van der Waals surface area contributed by atoms with Crippen molar-refractivity contribution in [3.63, 3.8) is 0 Å². The van der Waals surface area contributed by atoms with Crippen molar-refractivity contribution >= 4 is 0 Å². The quantitative estimate of drug-likeness (QED) is 0.596. The predicted octanol–water partition coefficient (Wildman–Crippen LogP) is 1.92. The molecule has 0 unspecified atom stereocenters. The van der Waals surface area contributed by atoms with Crippen molar-refractivity contribution in [1.82, 2.24) is 4.90 Å². The van der Waals surface area contributed by atoms with E-state index in [1.54, 1.807) is 0 Å². The third kappa shape index (κ3) is 1.34. The second kappa shape index (κ2) is 3.45. The molecule has 2 rings (SSSR count). The van der Waals surface area contributed by atoms with Gasteiger partial charge in [-0.1, -0.05) is 12.8 Å². The molecule has 12 heavy (non-hydrogen) atoms. The first-order valence-electron chi connectivity index (χ1n) is 5.04. The first-order chi connectivity index (χ1) is 5.92. The van der Waals surface area contributed by atoms with Gasteiger partial charge in [0.25, 0.3) is 0 Å². The molecule has 2 saturated carbocycles. The lowest BCUT2D eigenvalue weighted by molar-refractivity contribution is 0.0537. The van der Waals surface area contributed by atoms with Gasteiger partial charge in [-0.15, -0.1) is 0 Å². The van der Waals surface area contributed by atoms with Crippen LogP contribution in [0.2, 0.25) is 0 Å². The van der Waals surface area contributed by atoms with Crippen molar-refractivity contribution in [3.8, 4) is 6.07 Å². The van der Waals surface area contributed by atoms with Crippen LogP contribution >= 0.6 is 0 Å². The van der Waals surface area contributed by atoms with Crippen LogP contribution in [0.25, 0.3) is 0 Å². The van der Waals surface area contributed by atoms with E-state index in [9.17, 15) is 0 Å². The van der Waals surface area contributed by atoms with E-state index in [4.69, 9.17) is 5.26 Å². The largest absolute Gasteiger partial charge is 0.285 e. The van der Waals surface area contributed by atoms with Crippen molar-refractivity contribution in [2.45, 2.75) is 50.6 Å². The Labute approximate surface area is 74.2 Å². The molecule has 2 aliphatic carbocycles. The van der Waals surface area contributed by atoms with Gasteiger partial charge in [-0.05, 0) is 25.7 Å². The Kier molecular flexibility index (Phi) is 2.32. The van der Waals surface area contributed by atoms with Crippen LogP contribution in [0.4, 0.5) is 0 Å². The van der Waals surface area contributed by atoms with Crippen molar-refractivity contribution in [2.24, 2.45) is 0 Å². The number of hydrogen-bond donors (Lipinski definition) is 0. The highest BCUT2D eigenvalue weighted by Crippen LogP contribution is 2.33. The van der Waals surface area contributed by atoms with Gasteiger partial charge < -0.3 is 0 Å². The average Bonchev–Trinajstić information content (AvgIpc) is 1.79. The van der Waals surface area contributed by atoms with Gasteiger partial charge in [0, 0.05) is 12.1 Å². The molecule has 2 fully saturated rings. The van der Waals surface area contributed by atoms with Crippen molar-refractivity contribution < 1.29 is 0 Å². The smallest absolute Gasteiger partial charge is 0.0870 e. The summed E-state index contributed by atoms with van der Waals surface area (Å²) in [7, 11) is 0. The summed E-state index contributed by atoms with van der Waals surface area (Å²) in [5, 5.41) is 8.68. The molecule has 0 bridgehead atoms. The molecule has 0 aromatic heterocycles. The maximum atomic E-state index is 8.68. The third-order valence-electron chi connectivity index (χ3n) is 3.34. The molecule has 2 aliphatic rings. The second-order valence-corrected chi connectivity index (χ2v) is 4.00. The van der Waals surface area contributed by atoms with E-state index in [1.165, 1.54) is 38.5 Å². The highest BCUT2D eigenvalue weighted by molar-refractivity contribution is 4.93. The van der Waals surface area contributed by atoms with Crippen LogP contribution in [0.5, 0.6) is 0 Å². The molecule has 66 valence electrons. The molecular formula is C10H16N2. The lowest BCUT2D eigenvalue weighted by atomic mass is 9.85. The van der Waals surface area contributed by atoms with Gasteiger partial charge in [-0.3, -0.25) is 4.90 Å². The monoisotopic (exact) mass is 164 g/mol. The lowest BCUT2D eigenvalue weighted by Gasteiger charge is -2.44. The molecule has 0 saturated heterocycles. The van der Waals surface area contributed by atoms with E-state index in [0.29, 0.717) is 6.54 Å². The Bertz CT molecular complexity index is 173. The molecule has 2 heteroatoms. The molecule has 0 aromatic rings. The van der Waals surface area contributed by atoms with Crippen LogP contribution in [0.3, 0.4) is 0 Å². The summed E-state index contributed by atoms with van der Waals surface area (Å²) < 4.78 is 0. The molecule has 0 atom stereocenters. The van der Waals surface area contributed by atoms with E-state index in [1.807, 2.05) is 0 Å². The van der Waals surface area contributed by atoms with Gasteiger partial charge in [0.1, 0.15) is 0 Å². The zero-order valence-corrected chi connectivity index (χ0v) is 7.50. The minimum absolute atomic E-state index is 0.662. The van der Waals surface area contributed by atoms with Crippen LogP contribution in [0.1, 0.15) is 38.5 Å². The fourth-order valence-corrected chi connectivity index (χ4v) is 2.07. The molecule has 0 N–H and O–H groups in total. The van der Waals surface area contributed by atoms with Crippen LogP contribution in [-0.4, -0.2) is 23.5 Å².